The van der Waals surface area contributed by atoms with Crippen molar-refractivity contribution in [2.75, 3.05) is 19.0 Å². The molecule has 0 saturated heterocycles. The summed E-state index contributed by atoms with van der Waals surface area (Å²) in [4.78, 5) is 11.2. The molecule has 1 rings (SSSR count). The Bertz CT molecular complexity index is 514. The lowest BCUT2D eigenvalue weighted by atomic mass is 10.1. The highest BCUT2D eigenvalue weighted by molar-refractivity contribution is 7.85. The highest BCUT2D eigenvalue weighted by Gasteiger charge is 2.27. The predicted octanol–water partition coefficient (Wildman–Crippen LogP) is 2.38. The number of rotatable bonds is 6. The first-order valence-corrected chi connectivity index (χ1v) is 6.89. The Morgan fingerprint density at radius 3 is 2.60 bits per heavy atom. The molecule has 1 atom stereocenters. The number of carboxylic acids is 1. The highest BCUT2D eigenvalue weighted by atomic mass is 32.2. The van der Waals surface area contributed by atoms with Crippen molar-refractivity contribution >= 4 is 16.8 Å². The van der Waals surface area contributed by atoms with Gasteiger partial charge in [-0.15, -0.1) is 0 Å². The predicted molar refractivity (Wildman–Crippen MR) is 66.3 cm³/mol. The van der Waals surface area contributed by atoms with Gasteiger partial charge in [0.1, 0.15) is 6.61 Å². The van der Waals surface area contributed by atoms with Crippen LogP contribution in [-0.4, -0.2) is 40.4 Å². The fourth-order valence-electron chi connectivity index (χ4n) is 1.41. The average Bonchev–Trinajstić information content (AvgIpc) is 2.33. The molecule has 0 aromatic heterocycles. The Morgan fingerprint density at radius 2 is 2.05 bits per heavy atom. The Balaban J connectivity index is 2.60. The summed E-state index contributed by atoms with van der Waals surface area (Å²) in [6.07, 6.45) is -4.41. The zero-order chi connectivity index (χ0) is 15.3. The Kier molecular flexibility index (Phi) is 5.70. The van der Waals surface area contributed by atoms with E-state index in [1.54, 1.807) is 6.92 Å². The lowest BCUT2D eigenvalue weighted by Gasteiger charge is -2.08. The summed E-state index contributed by atoms with van der Waals surface area (Å²) in [6, 6.07) is 4.26. The maximum Gasteiger partial charge on any atom is 0.411 e. The zero-order valence-electron chi connectivity index (χ0n) is 10.6. The summed E-state index contributed by atoms with van der Waals surface area (Å²) in [5, 5.41) is 8.93. The van der Waals surface area contributed by atoms with Gasteiger partial charge in [0, 0.05) is 4.90 Å². The minimum atomic E-state index is -4.41. The van der Waals surface area contributed by atoms with Gasteiger partial charge in [-0.2, -0.15) is 13.2 Å². The van der Waals surface area contributed by atoms with E-state index in [1.165, 1.54) is 18.2 Å². The fraction of sp³-hybridized carbons (Fsp3) is 0.417. The summed E-state index contributed by atoms with van der Waals surface area (Å²) in [5.74, 6) is -1.27. The molecule has 0 spiro atoms. The molecule has 1 aromatic rings. The average molecular weight is 310 g/mol. The largest absolute Gasteiger partial charge is 0.478 e. The number of hydrogen-bond donors (Lipinski definition) is 1. The van der Waals surface area contributed by atoms with Crippen molar-refractivity contribution in [2.24, 2.45) is 0 Å². The van der Waals surface area contributed by atoms with Gasteiger partial charge in [-0.05, 0) is 24.6 Å². The molecule has 0 radical (unpaired) electrons. The normalized spacial score (nSPS) is 13.2. The van der Waals surface area contributed by atoms with Crippen LogP contribution in [0.4, 0.5) is 13.2 Å². The van der Waals surface area contributed by atoms with Gasteiger partial charge in [0.05, 0.1) is 28.7 Å². The number of halogens is 3. The van der Waals surface area contributed by atoms with E-state index in [0.717, 1.165) is 0 Å². The van der Waals surface area contributed by atoms with Crippen LogP contribution in [0.25, 0.3) is 0 Å². The summed E-state index contributed by atoms with van der Waals surface area (Å²) in [7, 11) is -1.60. The van der Waals surface area contributed by atoms with E-state index in [4.69, 9.17) is 5.11 Å². The van der Waals surface area contributed by atoms with E-state index in [1.807, 2.05) is 0 Å². The number of carboxylic acid groups (broad SMARTS) is 1. The second kappa shape index (κ2) is 6.85. The van der Waals surface area contributed by atoms with E-state index in [9.17, 15) is 22.2 Å². The number of benzene rings is 1. The quantitative estimate of drug-likeness (QED) is 0.819. The van der Waals surface area contributed by atoms with Crippen LogP contribution in [0.3, 0.4) is 0 Å². The summed E-state index contributed by atoms with van der Waals surface area (Å²) >= 11 is 0. The monoisotopic (exact) mass is 310 g/mol. The molecule has 0 aliphatic carbocycles. The third-order valence-electron chi connectivity index (χ3n) is 2.38. The summed E-state index contributed by atoms with van der Waals surface area (Å²) < 4.78 is 51.6. The van der Waals surface area contributed by atoms with Gasteiger partial charge in [-0.3, -0.25) is 4.21 Å². The Morgan fingerprint density at radius 1 is 1.40 bits per heavy atom. The van der Waals surface area contributed by atoms with Crippen molar-refractivity contribution in [1.82, 2.24) is 0 Å². The molecule has 0 fully saturated rings. The van der Waals surface area contributed by atoms with Crippen LogP contribution in [0.15, 0.2) is 23.1 Å². The molecule has 1 unspecified atom stereocenters. The van der Waals surface area contributed by atoms with Crippen molar-refractivity contribution in [2.45, 2.75) is 18.0 Å². The van der Waals surface area contributed by atoms with Crippen LogP contribution in [0.2, 0.25) is 0 Å². The molecule has 0 heterocycles. The number of ether oxygens (including phenoxy) is 1. The van der Waals surface area contributed by atoms with Gasteiger partial charge in [-0.1, -0.05) is 6.07 Å². The van der Waals surface area contributed by atoms with E-state index in [2.05, 4.69) is 4.74 Å². The highest BCUT2D eigenvalue weighted by Crippen LogP contribution is 2.16. The molecule has 112 valence electrons. The molecular formula is C12H13F3O4S. The van der Waals surface area contributed by atoms with E-state index in [0.29, 0.717) is 5.56 Å². The van der Waals surface area contributed by atoms with E-state index < -0.39 is 29.6 Å². The fourth-order valence-corrected chi connectivity index (χ4v) is 2.39. The van der Waals surface area contributed by atoms with Crippen LogP contribution < -0.4 is 0 Å². The van der Waals surface area contributed by atoms with Crippen LogP contribution in [0.1, 0.15) is 15.9 Å². The topological polar surface area (TPSA) is 63.6 Å². The third-order valence-corrected chi connectivity index (χ3v) is 3.70. The molecule has 1 aromatic carbocycles. The van der Waals surface area contributed by atoms with E-state index in [-0.39, 0.29) is 22.8 Å². The first-order chi connectivity index (χ1) is 9.20. The molecule has 0 aliphatic rings. The molecule has 1 N–H and O–H groups in total. The summed E-state index contributed by atoms with van der Waals surface area (Å²) in [5.41, 5.74) is 0.540. The van der Waals surface area contributed by atoms with Crippen LogP contribution in [-0.2, 0) is 15.5 Å². The SMILES string of the molecule is Cc1ccc(S(=O)CCOCC(F)(F)F)cc1C(=O)O. The minimum Gasteiger partial charge on any atom is -0.478 e. The molecular weight excluding hydrogens is 297 g/mol. The molecule has 8 heteroatoms. The molecule has 20 heavy (non-hydrogen) atoms. The van der Waals surface area contributed by atoms with E-state index >= 15 is 0 Å². The number of hydrogen-bond acceptors (Lipinski definition) is 3. The molecule has 0 saturated carbocycles. The second-order valence-electron chi connectivity index (χ2n) is 4.00. The number of aromatic carboxylic acids is 1. The number of aryl methyl sites for hydroxylation is 1. The first-order valence-electron chi connectivity index (χ1n) is 5.57. The second-order valence-corrected chi connectivity index (χ2v) is 5.57. The summed E-state index contributed by atoms with van der Waals surface area (Å²) in [6.45, 7) is -0.108. The van der Waals surface area contributed by atoms with Gasteiger partial charge in [0.15, 0.2) is 0 Å². The van der Waals surface area contributed by atoms with Crippen LogP contribution >= 0.6 is 0 Å². The van der Waals surface area contributed by atoms with Crippen LogP contribution in [0, 0.1) is 6.92 Å². The van der Waals surface area contributed by atoms with Gasteiger partial charge < -0.3 is 9.84 Å². The van der Waals surface area contributed by atoms with Gasteiger partial charge in [0.25, 0.3) is 0 Å². The van der Waals surface area contributed by atoms with Crippen molar-refractivity contribution in [3.05, 3.63) is 29.3 Å². The van der Waals surface area contributed by atoms with Gasteiger partial charge in [-0.25, -0.2) is 4.79 Å². The lowest BCUT2D eigenvalue weighted by molar-refractivity contribution is -0.172. The zero-order valence-corrected chi connectivity index (χ0v) is 11.4. The van der Waals surface area contributed by atoms with Crippen molar-refractivity contribution in [1.29, 1.82) is 0 Å². The van der Waals surface area contributed by atoms with Crippen molar-refractivity contribution in [3.63, 3.8) is 0 Å². The first kappa shape index (κ1) is 16.6. The molecule has 0 amide bonds. The third kappa shape index (κ3) is 5.30. The molecule has 0 bridgehead atoms. The number of carbonyl (C=O) groups is 1. The minimum absolute atomic E-state index is 0.0204. The Hall–Kier alpha value is -1.41. The lowest BCUT2D eigenvalue weighted by Crippen LogP contribution is -2.19. The maximum atomic E-state index is 11.8. The van der Waals surface area contributed by atoms with Crippen molar-refractivity contribution in [3.8, 4) is 0 Å². The van der Waals surface area contributed by atoms with Crippen molar-refractivity contribution < 1.29 is 32.0 Å². The number of alkyl halides is 3. The Labute approximate surface area is 116 Å². The molecule has 0 aliphatic heterocycles. The van der Waals surface area contributed by atoms with Crippen LogP contribution in [0.5, 0.6) is 0 Å². The van der Waals surface area contributed by atoms with Gasteiger partial charge in [0.2, 0.25) is 0 Å². The smallest absolute Gasteiger partial charge is 0.411 e. The molecule has 4 nitrogen and oxygen atoms in total. The van der Waals surface area contributed by atoms with Gasteiger partial charge >= 0.3 is 12.1 Å². The standard InChI is InChI=1S/C12H13F3O4S/c1-8-2-3-9(6-10(8)11(16)17)20(18)5-4-19-7-12(13,14)15/h2-3,6H,4-5,7H2,1H3,(H,16,17). The maximum absolute atomic E-state index is 11.8.